The van der Waals surface area contributed by atoms with E-state index in [2.05, 4.69) is 0 Å². The standard InChI is InChI=1S/C24H22O4/c1-14-9-11-18(12-10-14)21-13-22(17(4)15(2)16(21)3)28-24(27)20-8-6-5-7-19(20)23(25)26/h5-13H,1-4H3,(H,25,26). The highest BCUT2D eigenvalue weighted by Crippen LogP contribution is 2.34. The predicted molar refractivity (Wildman–Crippen MR) is 109 cm³/mol. The topological polar surface area (TPSA) is 63.6 Å². The van der Waals surface area contributed by atoms with Crippen LogP contribution in [-0.4, -0.2) is 17.0 Å². The van der Waals surface area contributed by atoms with Gasteiger partial charge in [0, 0.05) is 0 Å². The summed E-state index contributed by atoms with van der Waals surface area (Å²) < 4.78 is 5.64. The molecular formula is C24H22O4. The summed E-state index contributed by atoms with van der Waals surface area (Å²) in [5.41, 5.74) is 6.15. The lowest BCUT2D eigenvalue weighted by molar-refractivity contribution is 0.0667. The first-order valence-electron chi connectivity index (χ1n) is 9.02. The molecule has 0 aliphatic carbocycles. The highest BCUT2D eigenvalue weighted by Gasteiger charge is 2.20. The summed E-state index contributed by atoms with van der Waals surface area (Å²) in [4.78, 5) is 24.1. The van der Waals surface area contributed by atoms with Crippen LogP contribution in [-0.2, 0) is 0 Å². The summed E-state index contributed by atoms with van der Waals surface area (Å²) in [6.07, 6.45) is 0. The third-order valence-electron chi connectivity index (χ3n) is 5.12. The predicted octanol–water partition coefficient (Wildman–Crippen LogP) is 5.50. The van der Waals surface area contributed by atoms with E-state index in [0.717, 1.165) is 27.8 Å². The van der Waals surface area contributed by atoms with E-state index < -0.39 is 11.9 Å². The van der Waals surface area contributed by atoms with Crippen LogP contribution < -0.4 is 4.74 Å². The number of hydrogen-bond donors (Lipinski definition) is 1. The first kappa shape index (κ1) is 19.4. The molecule has 0 radical (unpaired) electrons. The number of carbonyl (C=O) groups is 2. The van der Waals surface area contributed by atoms with Crippen LogP contribution in [0.2, 0.25) is 0 Å². The van der Waals surface area contributed by atoms with Gasteiger partial charge in [-0.3, -0.25) is 0 Å². The molecule has 0 aromatic heterocycles. The Bertz CT molecular complexity index is 1060. The van der Waals surface area contributed by atoms with Crippen molar-refractivity contribution < 1.29 is 19.4 Å². The van der Waals surface area contributed by atoms with Crippen molar-refractivity contribution in [3.05, 3.63) is 88.0 Å². The highest BCUT2D eigenvalue weighted by atomic mass is 16.5. The third kappa shape index (κ3) is 3.67. The fourth-order valence-corrected chi connectivity index (χ4v) is 3.16. The lowest BCUT2D eigenvalue weighted by Gasteiger charge is -2.17. The zero-order valence-corrected chi connectivity index (χ0v) is 16.4. The fraction of sp³-hybridized carbons (Fsp3) is 0.167. The Kier molecular flexibility index (Phi) is 5.32. The Labute approximate surface area is 164 Å². The molecule has 0 atom stereocenters. The SMILES string of the molecule is Cc1ccc(-c2cc(OC(=O)c3ccccc3C(=O)O)c(C)c(C)c2C)cc1. The number of carboxylic acid groups (broad SMARTS) is 1. The third-order valence-corrected chi connectivity index (χ3v) is 5.12. The molecule has 0 fully saturated rings. The molecule has 0 spiro atoms. The van der Waals surface area contributed by atoms with Gasteiger partial charge in [-0.15, -0.1) is 0 Å². The van der Waals surface area contributed by atoms with E-state index >= 15 is 0 Å². The highest BCUT2D eigenvalue weighted by molar-refractivity contribution is 6.03. The molecule has 0 bridgehead atoms. The summed E-state index contributed by atoms with van der Waals surface area (Å²) in [6.45, 7) is 7.96. The first-order chi connectivity index (χ1) is 13.3. The zero-order valence-electron chi connectivity index (χ0n) is 16.4. The number of carboxylic acids is 1. The van der Waals surface area contributed by atoms with Gasteiger partial charge < -0.3 is 9.84 Å². The summed E-state index contributed by atoms with van der Waals surface area (Å²) in [5.74, 6) is -1.41. The van der Waals surface area contributed by atoms with Crippen LogP contribution in [0.4, 0.5) is 0 Å². The minimum absolute atomic E-state index is 0.0320. The molecule has 4 heteroatoms. The summed E-state index contributed by atoms with van der Waals surface area (Å²) >= 11 is 0. The van der Waals surface area contributed by atoms with Crippen LogP contribution in [0.3, 0.4) is 0 Å². The van der Waals surface area contributed by atoms with Gasteiger partial charge in [0.25, 0.3) is 0 Å². The quantitative estimate of drug-likeness (QED) is 0.483. The molecule has 3 aromatic carbocycles. The molecule has 0 aliphatic rings. The van der Waals surface area contributed by atoms with Crippen LogP contribution in [0.5, 0.6) is 5.75 Å². The Morgan fingerprint density at radius 3 is 2.00 bits per heavy atom. The molecular weight excluding hydrogens is 352 g/mol. The molecule has 28 heavy (non-hydrogen) atoms. The van der Waals surface area contributed by atoms with Crippen LogP contribution in [0, 0.1) is 27.7 Å². The van der Waals surface area contributed by atoms with E-state index in [-0.39, 0.29) is 11.1 Å². The molecule has 3 rings (SSSR count). The number of benzene rings is 3. The molecule has 1 N–H and O–H groups in total. The molecule has 0 aliphatic heterocycles. The first-order valence-corrected chi connectivity index (χ1v) is 9.02. The average molecular weight is 374 g/mol. The van der Waals surface area contributed by atoms with Crippen molar-refractivity contribution >= 4 is 11.9 Å². The van der Waals surface area contributed by atoms with E-state index in [4.69, 9.17) is 4.74 Å². The van der Waals surface area contributed by atoms with Gasteiger partial charge in [-0.2, -0.15) is 0 Å². The molecule has 3 aromatic rings. The molecule has 4 nitrogen and oxygen atoms in total. The molecule has 0 heterocycles. The molecule has 0 unspecified atom stereocenters. The normalized spacial score (nSPS) is 10.6. The average Bonchev–Trinajstić information content (AvgIpc) is 2.69. The van der Waals surface area contributed by atoms with Crippen molar-refractivity contribution in [2.24, 2.45) is 0 Å². The van der Waals surface area contributed by atoms with E-state index in [1.807, 2.05) is 58.0 Å². The van der Waals surface area contributed by atoms with Crippen molar-refractivity contribution in [2.45, 2.75) is 27.7 Å². The number of hydrogen-bond acceptors (Lipinski definition) is 3. The number of esters is 1. The second kappa shape index (κ2) is 7.69. The molecule has 142 valence electrons. The van der Waals surface area contributed by atoms with Gasteiger partial charge in [0.2, 0.25) is 0 Å². The minimum Gasteiger partial charge on any atom is -0.478 e. The van der Waals surface area contributed by atoms with Crippen molar-refractivity contribution in [3.63, 3.8) is 0 Å². The van der Waals surface area contributed by atoms with Gasteiger partial charge in [-0.25, -0.2) is 9.59 Å². The van der Waals surface area contributed by atoms with Crippen LogP contribution in [0.25, 0.3) is 11.1 Å². The maximum Gasteiger partial charge on any atom is 0.344 e. The van der Waals surface area contributed by atoms with Gasteiger partial charge in [-0.05, 0) is 73.7 Å². The van der Waals surface area contributed by atoms with Gasteiger partial charge in [0.15, 0.2) is 0 Å². The number of aromatic carboxylic acids is 1. The lowest BCUT2D eigenvalue weighted by atomic mass is 9.93. The second-order valence-corrected chi connectivity index (χ2v) is 6.90. The molecule has 0 saturated heterocycles. The monoisotopic (exact) mass is 374 g/mol. The van der Waals surface area contributed by atoms with Crippen molar-refractivity contribution in [1.29, 1.82) is 0 Å². The number of carbonyl (C=O) groups excluding carboxylic acids is 1. The number of aryl methyl sites for hydroxylation is 1. The summed E-state index contributed by atoms with van der Waals surface area (Å²) in [5, 5.41) is 9.32. The number of ether oxygens (including phenoxy) is 1. The maximum absolute atomic E-state index is 12.7. The fourth-order valence-electron chi connectivity index (χ4n) is 3.16. The van der Waals surface area contributed by atoms with Crippen LogP contribution in [0.1, 0.15) is 43.0 Å². The van der Waals surface area contributed by atoms with Crippen molar-refractivity contribution in [1.82, 2.24) is 0 Å². The Hall–Kier alpha value is -3.40. The Morgan fingerprint density at radius 2 is 1.39 bits per heavy atom. The Morgan fingerprint density at radius 1 is 0.786 bits per heavy atom. The Balaban J connectivity index is 2.04. The molecule has 0 saturated carbocycles. The van der Waals surface area contributed by atoms with Gasteiger partial charge >= 0.3 is 11.9 Å². The van der Waals surface area contributed by atoms with E-state index in [9.17, 15) is 14.7 Å². The van der Waals surface area contributed by atoms with Gasteiger partial charge in [0.05, 0.1) is 11.1 Å². The second-order valence-electron chi connectivity index (χ2n) is 6.90. The minimum atomic E-state index is -1.16. The smallest absolute Gasteiger partial charge is 0.344 e. The summed E-state index contributed by atoms with van der Waals surface area (Å²) in [6, 6.07) is 16.1. The van der Waals surface area contributed by atoms with Gasteiger partial charge in [-0.1, -0.05) is 42.0 Å². The van der Waals surface area contributed by atoms with Crippen molar-refractivity contribution in [2.75, 3.05) is 0 Å². The molecule has 0 amide bonds. The van der Waals surface area contributed by atoms with E-state index in [1.165, 1.54) is 17.7 Å². The maximum atomic E-state index is 12.7. The van der Waals surface area contributed by atoms with E-state index in [0.29, 0.717) is 5.75 Å². The number of rotatable bonds is 4. The van der Waals surface area contributed by atoms with Crippen LogP contribution in [0.15, 0.2) is 54.6 Å². The zero-order chi connectivity index (χ0) is 20.4. The van der Waals surface area contributed by atoms with Gasteiger partial charge in [0.1, 0.15) is 5.75 Å². The van der Waals surface area contributed by atoms with Crippen LogP contribution >= 0.6 is 0 Å². The van der Waals surface area contributed by atoms with Crippen molar-refractivity contribution in [3.8, 4) is 16.9 Å². The lowest BCUT2D eigenvalue weighted by Crippen LogP contribution is -2.15. The largest absolute Gasteiger partial charge is 0.478 e. The van der Waals surface area contributed by atoms with E-state index in [1.54, 1.807) is 12.1 Å². The summed E-state index contributed by atoms with van der Waals surface area (Å²) in [7, 11) is 0.